The Labute approximate surface area is 76.8 Å². The Bertz CT molecular complexity index is 201. The molecule has 0 unspecified atom stereocenters. The summed E-state index contributed by atoms with van der Waals surface area (Å²) in [6, 6.07) is 0. The molecule has 0 aromatic carbocycles. The molecule has 1 rings (SSSR count). The Balaban J connectivity index is 2.44. The van der Waals surface area contributed by atoms with Gasteiger partial charge in [-0.15, -0.1) is 0 Å². The molecule has 0 bridgehead atoms. The summed E-state index contributed by atoms with van der Waals surface area (Å²) in [6.45, 7) is 1.96. The van der Waals surface area contributed by atoms with Crippen molar-refractivity contribution in [2.45, 2.75) is 51.6 Å². The SMILES string of the molecule is CC1=C(CCC(F)(F)F)CCCC1. The standard InChI is InChI=1S/C10H15F3/c1-8-4-2-3-5-9(8)6-7-10(11,12)13/h2-7H2,1H3. The molecular formula is C10H15F3. The molecule has 0 radical (unpaired) electrons. The lowest BCUT2D eigenvalue weighted by molar-refractivity contribution is -0.134. The highest BCUT2D eigenvalue weighted by molar-refractivity contribution is 5.14. The van der Waals surface area contributed by atoms with Crippen LogP contribution in [-0.2, 0) is 0 Å². The van der Waals surface area contributed by atoms with E-state index >= 15 is 0 Å². The lowest BCUT2D eigenvalue weighted by Crippen LogP contribution is -2.08. The highest BCUT2D eigenvalue weighted by Crippen LogP contribution is 2.31. The van der Waals surface area contributed by atoms with Gasteiger partial charge in [-0.2, -0.15) is 13.2 Å². The van der Waals surface area contributed by atoms with Crippen molar-refractivity contribution in [1.29, 1.82) is 0 Å². The highest BCUT2D eigenvalue weighted by Gasteiger charge is 2.27. The lowest BCUT2D eigenvalue weighted by atomic mass is 9.90. The van der Waals surface area contributed by atoms with Gasteiger partial charge in [-0.25, -0.2) is 0 Å². The first-order valence-electron chi connectivity index (χ1n) is 4.73. The molecule has 0 saturated heterocycles. The lowest BCUT2D eigenvalue weighted by Gasteiger charge is -2.18. The minimum Gasteiger partial charge on any atom is -0.171 e. The monoisotopic (exact) mass is 192 g/mol. The van der Waals surface area contributed by atoms with Crippen LogP contribution < -0.4 is 0 Å². The Morgan fingerprint density at radius 3 is 2.31 bits per heavy atom. The highest BCUT2D eigenvalue weighted by atomic mass is 19.4. The molecule has 0 atom stereocenters. The molecule has 0 fully saturated rings. The second-order valence-corrected chi connectivity index (χ2v) is 3.71. The van der Waals surface area contributed by atoms with Gasteiger partial charge >= 0.3 is 6.18 Å². The summed E-state index contributed by atoms with van der Waals surface area (Å²) in [4.78, 5) is 0. The molecule has 0 aliphatic heterocycles. The Morgan fingerprint density at radius 1 is 1.15 bits per heavy atom. The minimum atomic E-state index is -4.00. The molecule has 76 valence electrons. The van der Waals surface area contributed by atoms with Crippen molar-refractivity contribution in [2.24, 2.45) is 0 Å². The van der Waals surface area contributed by atoms with E-state index in [1.165, 1.54) is 5.57 Å². The Hall–Kier alpha value is -0.470. The molecular weight excluding hydrogens is 177 g/mol. The normalized spacial score (nSPS) is 19.4. The van der Waals surface area contributed by atoms with Crippen LogP contribution in [0.2, 0.25) is 0 Å². The summed E-state index contributed by atoms with van der Waals surface area (Å²) in [5.74, 6) is 0. The molecule has 0 nitrogen and oxygen atoms in total. The zero-order chi connectivity index (χ0) is 9.90. The van der Waals surface area contributed by atoms with Crippen LogP contribution in [0, 0.1) is 0 Å². The van der Waals surface area contributed by atoms with E-state index in [-0.39, 0.29) is 6.42 Å². The van der Waals surface area contributed by atoms with Gasteiger partial charge < -0.3 is 0 Å². The van der Waals surface area contributed by atoms with E-state index < -0.39 is 12.6 Å². The van der Waals surface area contributed by atoms with Gasteiger partial charge in [0.1, 0.15) is 0 Å². The maximum Gasteiger partial charge on any atom is 0.389 e. The maximum atomic E-state index is 11.9. The van der Waals surface area contributed by atoms with Gasteiger partial charge in [0.05, 0.1) is 0 Å². The molecule has 0 saturated carbocycles. The average molecular weight is 192 g/mol. The van der Waals surface area contributed by atoms with Crippen LogP contribution in [0.3, 0.4) is 0 Å². The fraction of sp³-hybridized carbons (Fsp3) is 0.800. The fourth-order valence-corrected chi connectivity index (χ4v) is 1.75. The second-order valence-electron chi connectivity index (χ2n) is 3.71. The van der Waals surface area contributed by atoms with Crippen LogP contribution in [0.25, 0.3) is 0 Å². The molecule has 1 aliphatic carbocycles. The molecule has 1 aliphatic rings. The van der Waals surface area contributed by atoms with Crippen molar-refractivity contribution in [2.75, 3.05) is 0 Å². The summed E-state index contributed by atoms with van der Waals surface area (Å²) >= 11 is 0. The number of alkyl halides is 3. The van der Waals surface area contributed by atoms with Crippen molar-refractivity contribution in [3.63, 3.8) is 0 Å². The summed E-state index contributed by atoms with van der Waals surface area (Å²) < 4.78 is 35.7. The van der Waals surface area contributed by atoms with Gasteiger partial charge in [0, 0.05) is 6.42 Å². The van der Waals surface area contributed by atoms with Crippen LogP contribution in [0.1, 0.15) is 45.4 Å². The predicted octanol–water partition coefficient (Wildman–Crippen LogP) is 4.22. The summed E-state index contributed by atoms with van der Waals surface area (Å²) in [5, 5.41) is 0. The van der Waals surface area contributed by atoms with Crippen molar-refractivity contribution >= 4 is 0 Å². The Morgan fingerprint density at radius 2 is 1.77 bits per heavy atom. The third kappa shape index (κ3) is 3.83. The zero-order valence-electron chi connectivity index (χ0n) is 7.88. The first-order valence-corrected chi connectivity index (χ1v) is 4.73. The van der Waals surface area contributed by atoms with E-state index in [1.807, 2.05) is 6.92 Å². The topological polar surface area (TPSA) is 0 Å². The number of halogens is 3. The van der Waals surface area contributed by atoms with E-state index in [0.29, 0.717) is 0 Å². The van der Waals surface area contributed by atoms with E-state index in [1.54, 1.807) is 0 Å². The summed E-state index contributed by atoms with van der Waals surface area (Å²) in [5.41, 5.74) is 2.24. The van der Waals surface area contributed by atoms with Crippen molar-refractivity contribution in [3.8, 4) is 0 Å². The van der Waals surface area contributed by atoms with Crippen molar-refractivity contribution in [1.82, 2.24) is 0 Å². The molecule has 0 aromatic heterocycles. The van der Waals surface area contributed by atoms with Gasteiger partial charge in [0.15, 0.2) is 0 Å². The van der Waals surface area contributed by atoms with Gasteiger partial charge in [-0.05, 0) is 39.0 Å². The first-order chi connectivity index (χ1) is 5.99. The number of allylic oxidation sites excluding steroid dienone is 2. The van der Waals surface area contributed by atoms with Crippen LogP contribution in [0.15, 0.2) is 11.1 Å². The largest absolute Gasteiger partial charge is 0.389 e. The number of rotatable bonds is 2. The second kappa shape index (κ2) is 4.16. The van der Waals surface area contributed by atoms with Crippen molar-refractivity contribution in [3.05, 3.63) is 11.1 Å². The smallest absolute Gasteiger partial charge is 0.171 e. The van der Waals surface area contributed by atoms with Crippen LogP contribution in [0.4, 0.5) is 13.2 Å². The van der Waals surface area contributed by atoms with Crippen LogP contribution >= 0.6 is 0 Å². The molecule has 13 heavy (non-hydrogen) atoms. The maximum absolute atomic E-state index is 11.9. The molecule has 0 amide bonds. The summed E-state index contributed by atoms with van der Waals surface area (Å²) in [6.07, 6.45) is -0.360. The van der Waals surface area contributed by atoms with Gasteiger partial charge in [0.2, 0.25) is 0 Å². The van der Waals surface area contributed by atoms with E-state index in [0.717, 1.165) is 31.3 Å². The third-order valence-corrected chi connectivity index (χ3v) is 2.59. The first kappa shape index (κ1) is 10.6. The minimum absolute atomic E-state index is 0.218. The van der Waals surface area contributed by atoms with Gasteiger partial charge in [-0.3, -0.25) is 0 Å². The van der Waals surface area contributed by atoms with Gasteiger partial charge in [-0.1, -0.05) is 11.1 Å². The fourth-order valence-electron chi connectivity index (χ4n) is 1.75. The molecule has 3 heteroatoms. The number of hydrogen-bond donors (Lipinski definition) is 0. The average Bonchev–Trinajstić information content (AvgIpc) is 2.01. The van der Waals surface area contributed by atoms with Crippen molar-refractivity contribution < 1.29 is 13.2 Å². The Kier molecular flexibility index (Phi) is 3.40. The van der Waals surface area contributed by atoms with Gasteiger partial charge in [0.25, 0.3) is 0 Å². The molecule has 0 heterocycles. The van der Waals surface area contributed by atoms with Crippen LogP contribution in [-0.4, -0.2) is 6.18 Å². The quantitative estimate of drug-likeness (QED) is 0.574. The molecule has 0 N–H and O–H groups in total. The third-order valence-electron chi connectivity index (χ3n) is 2.59. The van der Waals surface area contributed by atoms with E-state index in [9.17, 15) is 13.2 Å². The zero-order valence-corrected chi connectivity index (χ0v) is 7.88. The predicted molar refractivity (Wildman–Crippen MR) is 46.5 cm³/mol. The summed E-state index contributed by atoms with van der Waals surface area (Å²) in [7, 11) is 0. The van der Waals surface area contributed by atoms with Crippen LogP contribution in [0.5, 0.6) is 0 Å². The molecule has 0 spiro atoms. The molecule has 0 aromatic rings. The van der Waals surface area contributed by atoms with E-state index in [4.69, 9.17) is 0 Å². The van der Waals surface area contributed by atoms with E-state index in [2.05, 4.69) is 0 Å². The number of hydrogen-bond acceptors (Lipinski definition) is 0.